The van der Waals surface area contributed by atoms with E-state index in [1.807, 2.05) is 0 Å². The van der Waals surface area contributed by atoms with Gasteiger partial charge in [-0.2, -0.15) is 0 Å². The highest BCUT2D eigenvalue weighted by molar-refractivity contribution is 5.83. The lowest BCUT2D eigenvalue weighted by Gasteiger charge is -2.01. The van der Waals surface area contributed by atoms with E-state index >= 15 is 0 Å². The maximum Gasteiger partial charge on any atom is 0.370 e. The zero-order valence-corrected chi connectivity index (χ0v) is 11.3. The number of aliphatic carboxylic acids is 2. The molecular weight excluding hydrogens is 248 g/mol. The zero-order chi connectivity index (χ0) is 14.5. The first kappa shape index (κ1) is 17.5. The molecule has 0 aliphatic rings. The lowest BCUT2D eigenvalue weighted by molar-refractivity contribution is -0.137. The molecular formula is C14H24O5. The highest BCUT2D eigenvalue weighted by Gasteiger charge is 2.01. The van der Waals surface area contributed by atoms with E-state index in [0.29, 0.717) is 6.42 Å². The Balaban J connectivity index is 3.21. The standard InChI is InChI=1S/C14H24O5/c15-12(14(18)19)10-8-6-4-2-1-3-5-7-9-11-13(16)17/h10,15H,1-9,11H2,(H,16,17)(H,18,19). The first-order valence-electron chi connectivity index (χ1n) is 6.88. The van der Waals surface area contributed by atoms with Crippen molar-refractivity contribution in [3.05, 3.63) is 11.8 Å². The van der Waals surface area contributed by atoms with E-state index in [2.05, 4.69) is 0 Å². The van der Waals surface area contributed by atoms with Crippen LogP contribution < -0.4 is 0 Å². The van der Waals surface area contributed by atoms with Gasteiger partial charge in [-0.1, -0.05) is 38.5 Å². The third-order valence-electron chi connectivity index (χ3n) is 2.90. The molecule has 0 bridgehead atoms. The van der Waals surface area contributed by atoms with Crippen molar-refractivity contribution in [1.82, 2.24) is 0 Å². The Hall–Kier alpha value is -1.52. The molecule has 0 rings (SSSR count). The van der Waals surface area contributed by atoms with E-state index in [0.717, 1.165) is 51.4 Å². The molecule has 5 nitrogen and oxygen atoms in total. The number of hydrogen-bond acceptors (Lipinski definition) is 3. The van der Waals surface area contributed by atoms with Crippen molar-refractivity contribution in [1.29, 1.82) is 0 Å². The second-order valence-corrected chi connectivity index (χ2v) is 4.66. The monoisotopic (exact) mass is 272 g/mol. The van der Waals surface area contributed by atoms with Crippen molar-refractivity contribution in [2.75, 3.05) is 0 Å². The van der Waals surface area contributed by atoms with E-state index in [9.17, 15) is 9.59 Å². The minimum absolute atomic E-state index is 0.263. The Morgan fingerprint density at radius 1 is 0.737 bits per heavy atom. The topological polar surface area (TPSA) is 94.8 Å². The summed E-state index contributed by atoms with van der Waals surface area (Å²) in [5.74, 6) is -2.57. The van der Waals surface area contributed by atoms with Gasteiger partial charge in [0.2, 0.25) is 0 Å². The predicted molar refractivity (Wildman–Crippen MR) is 72.2 cm³/mol. The minimum atomic E-state index is -1.28. The number of carbonyl (C=O) groups is 2. The van der Waals surface area contributed by atoms with Gasteiger partial charge in [0.05, 0.1) is 0 Å². The van der Waals surface area contributed by atoms with Crippen LogP contribution in [0.3, 0.4) is 0 Å². The minimum Gasteiger partial charge on any atom is -0.502 e. The Morgan fingerprint density at radius 3 is 1.68 bits per heavy atom. The van der Waals surface area contributed by atoms with E-state index in [4.69, 9.17) is 15.3 Å². The second kappa shape index (κ2) is 11.6. The molecule has 0 saturated heterocycles. The smallest absolute Gasteiger partial charge is 0.370 e. The quantitative estimate of drug-likeness (QED) is 0.287. The third kappa shape index (κ3) is 12.7. The molecule has 0 radical (unpaired) electrons. The number of carboxylic acids is 2. The van der Waals surface area contributed by atoms with Gasteiger partial charge in [-0.3, -0.25) is 4.79 Å². The van der Waals surface area contributed by atoms with Crippen LogP contribution in [0, 0.1) is 0 Å². The van der Waals surface area contributed by atoms with Crippen LogP contribution in [-0.2, 0) is 9.59 Å². The summed E-state index contributed by atoms with van der Waals surface area (Å²) < 4.78 is 0. The molecule has 0 spiro atoms. The zero-order valence-electron chi connectivity index (χ0n) is 11.3. The van der Waals surface area contributed by atoms with Crippen molar-refractivity contribution in [2.24, 2.45) is 0 Å². The molecule has 0 aliphatic heterocycles. The SMILES string of the molecule is O=C(O)CCCCCCCCCCC=C(O)C(=O)O. The highest BCUT2D eigenvalue weighted by Crippen LogP contribution is 2.11. The summed E-state index contributed by atoms with van der Waals surface area (Å²) in [7, 11) is 0. The maximum atomic E-state index is 10.3. The Bertz CT molecular complexity index is 296. The van der Waals surface area contributed by atoms with Crippen molar-refractivity contribution < 1.29 is 24.9 Å². The first-order chi connectivity index (χ1) is 9.04. The summed E-state index contributed by atoms with van der Waals surface area (Å²) in [6.07, 6.45) is 10.3. The molecule has 110 valence electrons. The van der Waals surface area contributed by atoms with Crippen LogP contribution in [0.15, 0.2) is 11.8 Å². The Labute approximate surface area is 113 Å². The number of rotatable bonds is 12. The lowest BCUT2D eigenvalue weighted by Crippen LogP contribution is -1.98. The summed E-state index contributed by atoms with van der Waals surface area (Å²) >= 11 is 0. The fourth-order valence-corrected chi connectivity index (χ4v) is 1.81. The molecule has 0 unspecified atom stereocenters. The van der Waals surface area contributed by atoms with Gasteiger partial charge in [-0.15, -0.1) is 0 Å². The van der Waals surface area contributed by atoms with Gasteiger partial charge < -0.3 is 15.3 Å². The molecule has 0 amide bonds. The average molecular weight is 272 g/mol. The second-order valence-electron chi connectivity index (χ2n) is 4.66. The van der Waals surface area contributed by atoms with E-state index in [1.54, 1.807) is 0 Å². The molecule has 0 aromatic rings. The lowest BCUT2D eigenvalue weighted by atomic mass is 10.1. The number of aliphatic hydroxyl groups excluding tert-OH is 1. The molecule has 19 heavy (non-hydrogen) atoms. The molecule has 0 aromatic heterocycles. The van der Waals surface area contributed by atoms with Gasteiger partial charge in [0, 0.05) is 6.42 Å². The molecule has 0 aliphatic carbocycles. The fraction of sp³-hybridized carbons (Fsp3) is 0.714. The summed E-state index contributed by atoms with van der Waals surface area (Å²) in [4.78, 5) is 20.5. The van der Waals surface area contributed by atoms with E-state index in [-0.39, 0.29) is 6.42 Å². The van der Waals surface area contributed by atoms with Crippen LogP contribution in [0.4, 0.5) is 0 Å². The number of hydrogen-bond donors (Lipinski definition) is 3. The van der Waals surface area contributed by atoms with Gasteiger partial charge in [0.1, 0.15) is 0 Å². The first-order valence-corrected chi connectivity index (χ1v) is 6.88. The van der Waals surface area contributed by atoms with Gasteiger partial charge in [-0.05, 0) is 25.3 Å². The van der Waals surface area contributed by atoms with Crippen LogP contribution in [-0.4, -0.2) is 27.3 Å². The predicted octanol–water partition coefficient (Wildman–Crippen LogP) is 3.50. The average Bonchev–Trinajstić information content (AvgIpc) is 2.35. The van der Waals surface area contributed by atoms with E-state index < -0.39 is 17.7 Å². The summed E-state index contributed by atoms with van der Waals surface area (Å²) in [5, 5.41) is 25.8. The van der Waals surface area contributed by atoms with Gasteiger partial charge in [0.15, 0.2) is 5.76 Å². The fourth-order valence-electron chi connectivity index (χ4n) is 1.81. The Morgan fingerprint density at radius 2 is 1.21 bits per heavy atom. The number of allylic oxidation sites excluding steroid dienone is 1. The Kier molecular flexibility index (Phi) is 10.6. The van der Waals surface area contributed by atoms with Crippen molar-refractivity contribution >= 4 is 11.9 Å². The summed E-state index contributed by atoms with van der Waals surface area (Å²) in [6.45, 7) is 0. The molecule has 0 fully saturated rings. The van der Waals surface area contributed by atoms with Gasteiger partial charge in [-0.25, -0.2) is 4.79 Å². The third-order valence-corrected chi connectivity index (χ3v) is 2.90. The summed E-state index contributed by atoms with van der Waals surface area (Å²) in [5.41, 5.74) is 0. The molecule has 3 N–H and O–H groups in total. The van der Waals surface area contributed by atoms with Crippen LogP contribution in [0.2, 0.25) is 0 Å². The van der Waals surface area contributed by atoms with Crippen LogP contribution >= 0.6 is 0 Å². The maximum absolute atomic E-state index is 10.3. The van der Waals surface area contributed by atoms with Crippen LogP contribution in [0.1, 0.15) is 64.2 Å². The van der Waals surface area contributed by atoms with Crippen molar-refractivity contribution in [2.45, 2.75) is 64.2 Å². The highest BCUT2D eigenvalue weighted by atomic mass is 16.4. The molecule has 0 aromatic carbocycles. The van der Waals surface area contributed by atoms with Gasteiger partial charge >= 0.3 is 11.9 Å². The molecule has 5 heteroatoms. The molecule has 0 heterocycles. The summed E-state index contributed by atoms with van der Waals surface area (Å²) in [6, 6.07) is 0. The van der Waals surface area contributed by atoms with Crippen LogP contribution in [0.5, 0.6) is 0 Å². The van der Waals surface area contributed by atoms with Gasteiger partial charge in [0.25, 0.3) is 0 Å². The number of unbranched alkanes of at least 4 members (excludes halogenated alkanes) is 8. The number of aliphatic hydroxyl groups is 1. The largest absolute Gasteiger partial charge is 0.502 e. The van der Waals surface area contributed by atoms with Crippen LogP contribution in [0.25, 0.3) is 0 Å². The molecule has 0 atom stereocenters. The molecule has 0 saturated carbocycles. The number of carboxylic acid groups (broad SMARTS) is 2. The van der Waals surface area contributed by atoms with Crippen molar-refractivity contribution in [3.8, 4) is 0 Å². The van der Waals surface area contributed by atoms with E-state index in [1.165, 1.54) is 6.08 Å². The van der Waals surface area contributed by atoms with Crippen molar-refractivity contribution in [3.63, 3.8) is 0 Å². The normalized spacial score (nSPS) is 11.5.